The van der Waals surface area contributed by atoms with Crippen molar-refractivity contribution in [2.75, 3.05) is 6.61 Å². The topological polar surface area (TPSA) is 29.5 Å². The van der Waals surface area contributed by atoms with Crippen LogP contribution in [0.5, 0.6) is 0 Å². The first-order valence-corrected chi connectivity index (χ1v) is 7.63. The van der Waals surface area contributed by atoms with Gasteiger partial charge >= 0.3 is 7.12 Å². The van der Waals surface area contributed by atoms with E-state index in [1.165, 1.54) is 56.9 Å². The molecule has 1 rings (SSSR count). The van der Waals surface area contributed by atoms with Crippen LogP contribution in [0.25, 0.3) is 0 Å². The van der Waals surface area contributed by atoms with Crippen molar-refractivity contribution in [3.63, 3.8) is 0 Å². The molecule has 0 spiro atoms. The molecule has 3 heteroatoms. The van der Waals surface area contributed by atoms with Crippen molar-refractivity contribution in [1.82, 2.24) is 0 Å². The summed E-state index contributed by atoms with van der Waals surface area (Å²) in [6.07, 6.45) is 10.2. The van der Waals surface area contributed by atoms with Crippen molar-refractivity contribution in [3.8, 4) is 0 Å². The van der Waals surface area contributed by atoms with E-state index in [0.717, 1.165) is 0 Å². The second-order valence-electron chi connectivity index (χ2n) is 5.87. The molecule has 1 aliphatic heterocycles. The van der Waals surface area contributed by atoms with Crippen molar-refractivity contribution < 1.29 is 9.68 Å². The molecule has 18 heavy (non-hydrogen) atoms. The first-order chi connectivity index (χ1) is 8.62. The minimum atomic E-state index is -0.670. The molecule has 1 aliphatic rings. The molecule has 104 valence electrons. The Kier molecular flexibility index (Phi) is 7.02. The molecular formula is C15H29BO2. The normalized spacial score (nSPS) is 18.9. The fourth-order valence-corrected chi connectivity index (χ4v) is 2.77. The van der Waals surface area contributed by atoms with Gasteiger partial charge in [0.25, 0.3) is 0 Å². The third-order valence-corrected chi connectivity index (χ3v) is 4.19. The van der Waals surface area contributed by atoms with Crippen molar-refractivity contribution >= 4 is 7.12 Å². The SMILES string of the molecule is CCCCCCC(C)(CCCC)C1=CB(O)OC1. The Hall–Kier alpha value is -0.275. The molecule has 0 bridgehead atoms. The lowest BCUT2D eigenvalue weighted by Gasteiger charge is -2.31. The van der Waals surface area contributed by atoms with Gasteiger partial charge in [0.05, 0.1) is 6.61 Å². The van der Waals surface area contributed by atoms with Crippen LogP contribution in [0.2, 0.25) is 0 Å². The number of hydrogen-bond acceptors (Lipinski definition) is 2. The van der Waals surface area contributed by atoms with Crippen LogP contribution in [-0.2, 0) is 4.65 Å². The monoisotopic (exact) mass is 252 g/mol. The van der Waals surface area contributed by atoms with Gasteiger partial charge in [-0.05, 0) is 23.8 Å². The molecule has 0 aliphatic carbocycles. The molecule has 0 saturated heterocycles. The van der Waals surface area contributed by atoms with Gasteiger partial charge in [-0.2, -0.15) is 0 Å². The van der Waals surface area contributed by atoms with E-state index in [2.05, 4.69) is 20.8 Å². The Bertz CT molecular complexity index is 265. The second kappa shape index (κ2) is 8.01. The van der Waals surface area contributed by atoms with Gasteiger partial charge in [0, 0.05) is 0 Å². The molecule has 0 aromatic carbocycles. The van der Waals surface area contributed by atoms with Crippen LogP contribution in [0.1, 0.15) is 72.1 Å². The molecule has 0 saturated carbocycles. The number of unbranched alkanes of at least 4 members (excludes halogenated alkanes) is 4. The van der Waals surface area contributed by atoms with Crippen molar-refractivity contribution in [1.29, 1.82) is 0 Å². The maximum Gasteiger partial charge on any atom is 0.483 e. The summed E-state index contributed by atoms with van der Waals surface area (Å²) >= 11 is 0. The van der Waals surface area contributed by atoms with E-state index in [-0.39, 0.29) is 5.41 Å². The zero-order valence-corrected chi connectivity index (χ0v) is 12.4. The molecule has 2 nitrogen and oxygen atoms in total. The largest absolute Gasteiger partial charge is 0.483 e. The van der Waals surface area contributed by atoms with E-state index in [9.17, 15) is 5.02 Å². The van der Waals surface area contributed by atoms with Crippen LogP contribution in [0.4, 0.5) is 0 Å². The van der Waals surface area contributed by atoms with Gasteiger partial charge < -0.3 is 9.68 Å². The minimum Gasteiger partial charge on any atom is -0.423 e. The Morgan fingerprint density at radius 2 is 1.83 bits per heavy atom. The van der Waals surface area contributed by atoms with Gasteiger partial charge in [-0.25, -0.2) is 0 Å². The molecule has 0 aromatic heterocycles. The highest BCUT2D eigenvalue weighted by atomic mass is 16.5. The number of hydrogen-bond donors (Lipinski definition) is 1. The predicted octanol–water partition coefficient (Wildman–Crippen LogP) is 4.13. The van der Waals surface area contributed by atoms with E-state index < -0.39 is 7.12 Å². The van der Waals surface area contributed by atoms with Crippen molar-refractivity contribution in [3.05, 3.63) is 11.5 Å². The summed E-state index contributed by atoms with van der Waals surface area (Å²) in [4.78, 5) is 0. The fourth-order valence-electron chi connectivity index (χ4n) is 2.77. The van der Waals surface area contributed by atoms with Crippen LogP contribution in [-0.4, -0.2) is 18.7 Å². The average Bonchev–Trinajstić information content (AvgIpc) is 2.80. The molecule has 1 heterocycles. The zero-order chi connectivity index (χ0) is 13.4. The van der Waals surface area contributed by atoms with E-state index >= 15 is 0 Å². The first kappa shape index (κ1) is 15.8. The Morgan fingerprint density at radius 3 is 2.39 bits per heavy atom. The van der Waals surface area contributed by atoms with Crippen molar-refractivity contribution in [2.24, 2.45) is 5.41 Å². The minimum absolute atomic E-state index is 0.237. The van der Waals surface area contributed by atoms with Crippen LogP contribution in [0, 0.1) is 5.41 Å². The van der Waals surface area contributed by atoms with Gasteiger partial charge in [0.15, 0.2) is 0 Å². The highest BCUT2D eigenvalue weighted by Crippen LogP contribution is 2.40. The molecule has 0 amide bonds. The second-order valence-corrected chi connectivity index (χ2v) is 5.87. The van der Waals surface area contributed by atoms with Crippen LogP contribution >= 0.6 is 0 Å². The molecular weight excluding hydrogens is 223 g/mol. The molecule has 0 aromatic rings. The van der Waals surface area contributed by atoms with Gasteiger partial charge in [0.1, 0.15) is 0 Å². The van der Waals surface area contributed by atoms with Gasteiger partial charge in [-0.15, -0.1) is 0 Å². The van der Waals surface area contributed by atoms with Crippen molar-refractivity contribution in [2.45, 2.75) is 72.1 Å². The van der Waals surface area contributed by atoms with Gasteiger partial charge in [0.2, 0.25) is 0 Å². The summed E-state index contributed by atoms with van der Waals surface area (Å²) in [5.74, 6) is 1.93. The van der Waals surface area contributed by atoms with Crippen LogP contribution in [0.3, 0.4) is 0 Å². The molecule has 1 atom stereocenters. The third-order valence-electron chi connectivity index (χ3n) is 4.19. The summed E-state index contributed by atoms with van der Waals surface area (Å²) < 4.78 is 5.28. The quantitative estimate of drug-likeness (QED) is 0.494. The van der Waals surface area contributed by atoms with Gasteiger partial charge in [-0.3, -0.25) is 0 Å². The molecule has 0 radical (unpaired) electrons. The maximum absolute atomic E-state index is 9.50. The highest BCUT2D eigenvalue weighted by Gasteiger charge is 2.33. The van der Waals surface area contributed by atoms with Crippen LogP contribution in [0.15, 0.2) is 11.5 Å². The lowest BCUT2D eigenvalue weighted by Crippen LogP contribution is -2.20. The Morgan fingerprint density at radius 1 is 1.17 bits per heavy atom. The summed E-state index contributed by atoms with van der Waals surface area (Å²) in [5, 5.41) is 9.50. The first-order valence-electron chi connectivity index (χ1n) is 7.63. The Balaban J connectivity index is 2.54. The standard InChI is InChI=1S/C15H29BO2/c1-4-6-8-9-11-15(3,10-7-5-2)14-12-16(17)18-13-14/h12,17H,4-11,13H2,1-3H3. The third kappa shape index (κ3) is 4.77. The number of rotatable bonds is 9. The van der Waals surface area contributed by atoms with Gasteiger partial charge in [-0.1, -0.05) is 65.3 Å². The lowest BCUT2D eigenvalue weighted by molar-refractivity contribution is 0.253. The summed E-state index contributed by atoms with van der Waals surface area (Å²) in [6.45, 7) is 7.46. The van der Waals surface area contributed by atoms with E-state index in [1.807, 2.05) is 5.98 Å². The summed E-state index contributed by atoms with van der Waals surface area (Å²) in [7, 11) is -0.670. The fraction of sp³-hybridized carbons (Fsp3) is 0.867. The van der Waals surface area contributed by atoms with E-state index in [4.69, 9.17) is 4.65 Å². The van der Waals surface area contributed by atoms with E-state index in [1.54, 1.807) is 0 Å². The molecule has 1 unspecified atom stereocenters. The maximum atomic E-state index is 9.50. The molecule has 1 N–H and O–H groups in total. The van der Waals surface area contributed by atoms with Crippen LogP contribution < -0.4 is 0 Å². The average molecular weight is 252 g/mol. The van der Waals surface area contributed by atoms with E-state index in [0.29, 0.717) is 6.61 Å². The molecule has 0 fully saturated rings. The lowest BCUT2D eigenvalue weighted by atomic mass is 9.72. The summed E-state index contributed by atoms with van der Waals surface area (Å²) in [6, 6.07) is 0. The smallest absolute Gasteiger partial charge is 0.423 e. The Labute approximate surface area is 113 Å². The summed E-state index contributed by atoms with van der Waals surface area (Å²) in [5.41, 5.74) is 1.56. The zero-order valence-electron chi connectivity index (χ0n) is 12.4. The predicted molar refractivity (Wildman–Crippen MR) is 78.4 cm³/mol. The highest BCUT2D eigenvalue weighted by molar-refractivity contribution is 6.50.